The maximum atomic E-state index is 10.2. The molecule has 0 aliphatic heterocycles. The van der Waals surface area contributed by atoms with E-state index >= 15 is 0 Å². The van der Waals surface area contributed by atoms with Crippen molar-refractivity contribution >= 4 is 17.3 Å². The standard InChI is InChI=1S/C3H3N5O4/c4-2-1(7(9)10)3(6-5-2)8(11)12/h(H3,4,5,6)/i/hD. The Morgan fingerprint density at radius 1 is 1.50 bits per heavy atom. The molecule has 1 aromatic rings. The van der Waals surface area contributed by atoms with Crippen molar-refractivity contribution in [1.29, 1.82) is 0 Å². The van der Waals surface area contributed by atoms with Crippen LogP contribution in [0.25, 0.3) is 0 Å². The zero-order valence-corrected chi connectivity index (χ0v) is 5.50. The van der Waals surface area contributed by atoms with Crippen molar-refractivity contribution < 1.29 is 11.3 Å². The van der Waals surface area contributed by atoms with Crippen molar-refractivity contribution in [3.05, 3.63) is 20.2 Å². The number of rotatable bonds is 2. The molecule has 1 aromatic heterocycles. The average molecular weight is 174 g/mol. The second-order valence-electron chi connectivity index (χ2n) is 1.77. The SMILES string of the molecule is [2H]n1nc([N+](=O)[O-])c([N+](=O)[O-])c1N. The number of aromatic amines is 1. The van der Waals surface area contributed by atoms with Crippen LogP contribution in [0.1, 0.15) is 0 Å². The first-order valence-corrected chi connectivity index (χ1v) is 2.61. The Morgan fingerprint density at radius 3 is 2.42 bits per heavy atom. The van der Waals surface area contributed by atoms with Gasteiger partial charge >= 0.3 is 11.5 Å². The summed E-state index contributed by atoms with van der Waals surface area (Å²) in [6, 6.07) is 0. The second kappa shape index (κ2) is 2.45. The summed E-state index contributed by atoms with van der Waals surface area (Å²) < 4.78 is 6.84. The topological polar surface area (TPSA) is 141 Å². The Labute approximate surface area is 65.9 Å². The normalized spacial score (nSPS) is 10.8. The fourth-order valence-electron chi connectivity index (χ4n) is 0.609. The first-order chi connectivity index (χ1) is 5.95. The lowest BCUT2D eigenvalue weighted by molar-refractivity contribution is -0.424. The Bertz CT molecular complexity index is 385. The summed E-state index contributed by atoms with van der Waals surface area (Å²) in [6.45, 7) is 0. The molecule has 0 aliphatic carbocycles. The van der Waals surface area contributed by atoms with Gasteiger partial charge in [0.2, 0.25) is 7.23 Å². The molecule has 9 nitrogen and oxygen atoms in total. The number of anilines is 1. The van der Waals surface area contributed by atoms with Crippen LogP contribution in [0.3, 0.4) is 0 Å². The molecule has 0 saturated carbocycles. The smallest absolute Gasteiger partial charge is 0.377 e. The van der Waals surface area contributed by atoms with Gasteiger partial charge in [0, 0.05) is 0 Å². The van der Waals surface area contributed by atoms with E-state index in [4.69, 9.17) is 7.15 Å². The van der Waals surface area contributed by atoms with Gasteiger partial charge < -0.3 is 15.8 Å². The molecule has 1 rings (SSSR count). The fourth-order valence-corrected chi connectivity index (χ4v) is 0.609. The van der Waals surface area contributed by atoms with Gasteiger partial charge in [-0.3, -0.25) is 10.1 Å². The average Bonchev–Trinajstić information content (AvgIpc) is 2.28. The van der Waals surface area contributed by atoms with Crippen molar-refractivity contribution in [3.63, 3.8) is 0 Å². The minimum absolute atomic E-state index is 0.135. The van der Waals surface area contributed by atoms with Crippen molar-refractivity contribution in [3.8, 4) is 0 Å². The minimum Gasteiger partial charge on any atom is -0.377 e. The molecule has 0 bridgehead atoms. The molecule has 0 aliphatic rings. The van der Waals surface area contributed by atoms with E-state index < -0.39 is 27.2 Å². The van der Waals surface area contributed by atoms with Crippen LogP contribution in [-0.4, -0.2) is 20.0 Å². The van der Waals surface area contributed by atoms with E-state index in [0.717, 1.165) is 0 Å². The quantitative estimate of drug-likeness (QED) is 0.470. The molecule has 12 heavy (non-hydrogen) atoms. The molecular formula is C3H3N5O4. The third-order valence-electron chi connectivity index (χ3n) is 1.06. The lowest BCUT2D eigenvalue weighted by Gasteiger charge is -1.87. The maximum Gasteiger partial charge on any atom is 0.469 e. The molecule has 3 N–H and O–H groups in total. The lowest BCUT2D eigenvalue weighted by Crippen LogP contribution is -1.96. The van der Waals surface area contributed by atoms with Crippen molar-refractivity contribution in [2.45, 2.75) is 0 Å². The van der Waals surface area contributed by atoms with Gasteiger partial charge in [-0.25, -0.2) is 0 Å². The van der Waals surface area contributed by atoms with Gasteiger partial charge in [0.25, 0.3) is 0 Å². The third kappa shape index (κ3) is 1.02. The summed E-state index contributed by atoms with van der Waals surface area (Å²) in [4.78, 5) is 18.3. The number of nitrogen functional groups attached to an aromatic ring is 1. The number of H-pyrrole nitrogens is 1. The van der Waals surface area contributed by atoms with Crippen LogP contribution in [0.5, 0.6) is 0 Å². The largest absolute Gasteiger partial charge is 0.469 e. The number of nitrogens with two attached hydrogens (primary N) is 1. The Hall–Kier alpha value is -2.19. The predicted molar refractivity (Wildman–Crippen MR) is 36.3 cm³/mol. The number of hydrogen-bond acceptors (Lipinski definition) is 6. The highest BCUT2D eigenvalue weighted by atomic mass is 16.6. The Morgan fingerprint density at radius 2 is 2.08 bits per heavy atom. The lowest BCUT2D eigenvalue weighted by atomic mass is 10.5. The highest BCUT2D eigenvalue weighted by Crippen LogP contribution is 2.28. The van der Waals surface area contributed by atoms with Crippen LogP contribution in [-0.2, 0) is 0 Å². The summed E-state index contributed by atoms with van der Waals surface area (Å²) in [6.07, 6.45) is 0. The Kier molecular flexibility index (Phi) is 1.33. The molecule has 1 heterocycles. The van der Waals surface area contributed by atoms with E-state index in [9.17, 15) is 20.2 Å². The molecule has 64 valence electrons. The molecule has 0 fully saturated rings. The molecule has 9 heteroatoms. The van der Waals surface area contributed by atoms with Gasteiger partial charge in [0.1, 0.15) is 0 Å². The molecule has 0 spiro atoms. The first kappa shape index (κ1) is 6.52. The minimum atomic E-state index is -1.07. The van der Waals surface area contributed by atoms with E-state index in [1.165, 1.54) is 0 Å². The van der Waals surface area contributed by atoms with Gasteiger partial charge in [-0.05, 0) is 4.92 Å². The van der Waals surface area contributed by atoms with Gasteiger partial charge in [-0.1, -0.05) is 0 Å². The molecule has 0 unspecified atom stereocenters. The second-order valence-corrected chi connectivity index (χ2v) is 1.77. The zero-order chi connectivity index (χ0) is 10.2. The molecule has 0 aromatic carbocycles. The maximum absolute atomic E-state index is 10.2. The summed E-state index contributed by atoms with van der Waals surface area (Å²) in [5.41, 5.74) is 4.05. The van der Waals surface area contributed by atoms with Gasteiger partial charge in [-0.15, -0.1) is 0 Å². The van der Waals surface area contributed by atoms with Crippen molar-refractivity contribution in [1.82, 2.24) is 10.2 Å². The molecule has 0 saturated heterocycles. The molecular weight excluding hydrogens is 170 g/mol. The number of nitrogens with zero attached hydrogens (tertiary/aromatic N) is 3. The van der Waals surface area contributed by atoms with Gasteiger partial charge in [-0.2, -0.15) is 5.09 Å². The van der Waals surface area contributed by atoms with Crippen LogP contribution in [0.4, 0.5) is 17.3 Å². The van der Waals surface area contributed by atoms with E-state index in [2.05, 4.69) is 5.10 Å². The molecule has 0 amide bonds. The van der Waals surface area contributed by atoms with Crippen LogP contribution < -0.4 is 5.73 Å². The van der Waals surface area contributed by atoms with Gasteiger partial charge in [0.05, 0.1) is 10.0 Å². The predicted octanol–water partition coefficient (Wildman–Crippen LogP) is -0.192. The highest BCUT2D eigenvalue weighted by molar-refractivity contribution is 5.62. The first-order valence-electron chi connectivity index (χ1n) is 3.06. The molecule has 0 radical (unpaired) electrons. The van der Waals surface area contributed by atoms with E-state index in [-0.39, 0.29) is 5.09 Å². The van der Waals surface area contributed by atoms with Crippen molar-refractivity contribution in [2.24, 2.45) is 0 Å². The van der Waals surface area contributed by atoms with Crippen molar-refractivity contribution in [2.75, 3.05) is 5.73 Å². The monoisotopic (exact) mass is 174 g/mol. The Balaban J connectivity index is 3.44. The number of nitrogens with one attached hydrogen (secondary N) is 1. The summed E-state index contributed by atoms with van der Waals surface area (Å²) >= 11 is 0. The summed E-state index contributed by atoms with van der Waals surface area (Å²) in [7, 11) is 0. The number of nitro groups is 2. The highest BCUT2D eigenvalue weighted by Gasteiger charge is 2.32. The third-order valence-corrected chi connectivity index (χ3v) is 1.06. The molecule has 0 atom stereocenters. The number of hydrogen-bond donors (Lipinski definition) is 2. The van der Waals surface area contributed by atoms with Crippen LogP contribution in [0.2, 0.25) is 1.41 Å². The van der Waals surface area contributed by atoms with Crippen LogP contribution in [0, 0.1) is 20.2 Å². The van der Waals surface area contributed by atoms with Crippen LogP contribution in [0.15, 0.2) is 0 Å². The zero-order valence-electron chi connectivity index (χ0n) is 6.50. The number of aromatic nitrogens is 2. The summed E-state index contributed by atoms with van der Waals surface area (Å²) in [5, 5.41) is 23.5. The van der Waals surface area contributed by atoms with Crippen LogP contribution >= 0.6 is 0 Å². The fraction of sp³-hybridized carbons (Fsp3) is 0. The van der Waals surface area contributed by atoms with E-state index in [0.29, 0.717) is 0 Å². The van der Waals surface area contributed by atoms with E-state index in [1.807, 2.05) is 0 Å². The van der Waals surface area contributed by atoms with E-state index in [1.54, 1.807) is 0 Å². The summed E-state index contributed by atoms with van der Waals surface area (Å²) in [5.74, 6) is -1.70. The van der Waals surface area contributed by atoms with Gasteiger partial charge in [0.15, 0.2) is 0 Å².